The largest absolute Gasteiger partial charge is 0.352 e. The van der Waals surface area contributed by atoms with Gasteiger partial charge in [0.2, 0.25) is 5.91 Å². The highest BCUT2D eigenvalue weighted by Crippen LogP contribution is 2.17. The molecule has 0 heterocycles. The van der Waals surface area contributed by atoms with Crippen LogP contribution in [0.25, 0.3) is 0 Å². The van der Waals surface area contributed by atoms with Crippen LogP contribution < -0.4 is 16.8 Å². The van der Waals surface area contributed by atoms with E-state index in [9.17, 15) is 4.79 Å². The maximum atomic E-state index is 11.7. The predicted molar refractivity (Wildman–Crippen MR) is 69.3 cm³/mol. The van der Waals surface area contributed by atoms with Crippen molar-refractivity contribution < 1.29 is 4.79 Å². The van der Waals surface area contributed by atoms with Crippen LogP contribution in [0.4, 0.5) is 0 Å². The fourth-order valence-electron chi connectivity index (χ4n) is 1.95. The predicted octanol–water partition coefficient (Wildman–Crippen LogP) is 0.453. The Kier molecular flexibility index (Phi) is 6.16. The number of thioether (sulfide) groups is 1. The van der Waals surface area contributed by atoms with Crippen LogP contribution >= 0.6 is 11.8 Å². The molecule has 0 aromatic rings. The van der Waals surface area contributed by atoms with Gasteiger partial charge >= 0.3 is 0 Å². The molecule has 0 aliphatic heterocycles. The van der Waals surface area contributed by atoms with Crippen molar-refractivity contribution in [2.45, 2.75) is 50.2 Å². The molecule has 1 atom stereocenters. The molecule has 1 amide bonds. The summed E-state index contributed by atoms with van der Waals surface area (Å²) in [6.45, 7) is 0. The van der Waals surface area contributed by atoms with E-state index in [2.05, 4.69) is 5.32 Å². The van der Waals surface area contributed by atoms with E-state index in [0.29, 0.717) is 6.04 Å². The van der Waals surface area contributed by atoms with Crippen molar-refractivity contribution in [3.8, 4) is 0 Å². The Morgan fingerprint density at radius 3 is 2.62 bits per heavy atom. The zero-order chi connectivity index (χ0) is 12.0. The molecule has 4 nitrogen and oxygen atoms in total. The molecule has 1 fully saturated rings. The van der Waals surface area contributed by atoms with Gasteiger partial charge in [-0.3, -0.25) is 4.79 Å². The van der Waals surface area contributed by atoms with Gasteiger partial charge in [0.15, 0.2) is 0 Å². The number of nitrogens with two attached hydrogens (primary N) is 2. The van der Waals surface area contributed by atoms with Crippen LogP contribution in [0.3, 0.4) is 0 Å². The van der Waals surface area contributed by atoms with E-state index in [-0.39, 0.29) is 18.0 Å². The first kappa shape index (κ1) is 13.8. The van der Waals surface area contributed by atoms with E-state index in [1.54, 1.807) is 11.8 Å². The summed E-state index contributed by atoms with van der Waals surface area (Å²) in [5.74, 6) is 0.930. The summed E-state index contributed by atoms with van der Waals surface area (Å²) in [5.41, 5.74) is 11.6. The summed E-state index contributed by atoms with van der Waals surface area (Å²) in [7, 11) is 0. The quantitative estimate of drug-likeness (QED) is 0.657. The van der Waals surface area contributed by atoms with Gasteiger partial charge in [-0.1, -0.05) is 0 Å². The minimum Gasteiger partial charge on any atom is -0.352 e. The minimum absolute atomic E-state index is 0.00507. The molecule has 0 radical (unpaired) electrons. The van der Waals surface area contributed by atoms with Gasteiger partial charge in [-0.15, -0.1) is 0 Å². The van der Waals surface area contributed by atoms with Gasteiger partial charge in [-0.2, -0.15) is 11.8 Å². The van der Waals surface area contributed by atoms with Crippen LogP contribution in [0.1, 0.15) is 32.1 Å². The van der Waals surface area contributed by atoms with Crippen molar-refractivity contribution in [1.82, 2.24) is 5.32 Å². The second-order valence-electron chi connectivity index (χ2n) is 4.51. The van der Waals surface area contributed by atoms with Crippen molar-refractivity contribution in [1.29, 1.82) is 0 Å². The molecule has 0 saturated heterocycles. The fraction of sp³-hybridized carbons (Fsp3) is 0.909. The molecule has 1 aliphatic rings. The van der Waals surface area contributed by atoms with Crippen molar-refractivity contribution in [2.24, 2.45) is 11.5 Å². The third-order valence-corrected chi connectivity index (χ3v) is 3.73. The number of amides is 1. The Balaban J connectivity index is 2.22. The van der Waals surface area contributed by atoms with Crippen LogP contribution in [-0.2, 0) is 4.79 Å². The topological polar surface area (TPSA) is 81.1 Å². The van der Waals surface area contributed by atoms with Crippen molar-refractivity contribution in [2.75, 3.05) is 12.0 Å². The van der Waals surface area contributed by atoms with Gasteiger partial charge in [0, 0.05) is 12.1 Å². The van der Waals surface area contributed by atoms with Crippen LogP contribution in [0.15, 0.2) is 0 Å². The minimum atomic E-state index is -0.358. The Hall–Kier alpha value is -0.260. The summed E-state index contributed by atoms with van der Waals surface area (Å²) in [6, 6.07) is 0.244. The summed E-state index contributed by atoms with van der Waals surface area (Å²) >= 11 is 1.72. The number of carbonyl (C=O) groups excluding carboxylic acids is 1. The third kappa shape index (κ3) is 4.72. The molecule has 5 N–H and O–H groups in total. The Labute approximate surface area is 102 Å². The van der Waals surface area contributed by atoms with Gasteiger partial charge in [-0.05, 0) is 44.1 Å². The lowest BCUT2D eigenvalue weighted by Crippen LogP contribution is -2.47. The highest BCUT2D eigenvalue weighted by Gasteiger charge is 2.22. The molecule has 0 aromatic heterocycles. The van der Waals surface area contributed by atoms with Crippen LogP contribution in [-0.4, -0.2) is 36.0 Å². The SMILES string of the molecule is CSCC[C@@H](N)C(=O)NC1CCC(N)CC1. The summed E-state index contributed by atoms with van der Waals surface area (Å²) in [6.07, 6.45) is 6.76. The van der Waals surface area contributed by atoms with Crippen molar-refractivity contribution in [3.05, 3.63) is 0 Å². The molecule has 0 spiro atoms. The van der Waals surface area contributed by atoms with Gasteiger partial charge in [0.25, 0.3) is 0 Å². The lowest BCUT2D eigenvalue weighted by molar-refractivity contribution is -0.123. The molecule has 0 aromatic carbocycles. The van der Waals surface area contributed by atoms with E-state index in [0.717, 1.165) is 37.9 Å². The Morgan fingerprint density at radius 1 is 1.44 bits per heavy atom. The average Bonchev–Trinajstić information content (AvgIpc) is 2.29. The van der Waals surface area contributed by atoms with Gasteiger partial charge in [-0.25, -0.2) is 0 Å². The zero-order valence-corrected chi connectivity index (χ0v) is 10.8. The van der Waals surface area contributed by atoms with Crippen LogP contribution in [0.5, 0.6) is 0 Å². The van der Waals surface area contributed by atoms with E-state index in [1.807, 2.05) is 6.26 Å². The first-order chi connectivity index (χ1) is 7.63. The highest BCUT2D eigenvalue weighted by molar-refractivity contribution is 7.98. The number of nitrogens with one attached hydrogen (secondary N) is 1. The lowest BCUT2D eigenvalue weighted by Gasteiger charge is -2.27. The first-order valence-electron chi connectivity index (χ1n) is 5.94. The number of carbonyl (C=O) groups is 1. The van der Waals surface area contributed by atoms with Crippen molar-refractivity contribution in [3.63, 3.8) is 0 Å². The second-order valence-corrected chi connectivity index (χ2v) is 5.49. The molecule has 94 valence electrons. The molecular weight excluding hydrogens is 222 g/mol. The van der Waals surface area contributed by atoms with Gasteiger partial charge < -0.3 is 16.8 Å². The first-order valence-corrected chi connectivity index (χ1v) is 7.33. The molecular formula is C11H23N3OS. The highest BCUT2D eigenvalue weighted by atomic mass is 32.2. The molecule has 1 aliphatic carbocycles. The van der Waals surface area contributed by atoms with Gasteiger partial charge in [0.05, 0.1) is 6.04 Å². The molecule has 1 rings (SSSR count). The van der Waals surface area contributed by atoms with Gasteiger partial charge in [0.1, 0.15) is 0 Å². The molecule has 0 unspecified atom stereocenters. The molecule has 1 saturated carbocycles. The molecule has 0 bridgehead atoms. The Morgan fingerprint density at radius 2 is 2.06 bits per heavy atom. The zero-order valence-electron chi connectivity index (χ0n) is 9.95. The third-order valence-electron chi connectivity index (χ3n) is 3.09. The second kappa shape index (κ2) is 7.14. The van der Waals surface area contributed by atoms with Crippen LogP contribution in [0, 0.1) is 0 Å². The van der Waals surface area contributed by atoms with Crippen molar-refractivity contribution >= 4 is 17.7 Å². The Bertz CT molecular complexity index is 217. The maximum absolute atomic E-state index is 11.7. The van der Waals surface area contributed by atoms with E-state index >= 15 is 0 Å². The summed E-state index contributed by atoms with van der Waals surface area (Å²) < 4.78 is 0. The average molecular weight is 245 g/mol. The van der Waals surface area contributed by atoms with E-state index in [4.69, 9.17) is 11.5 Å². The summed E-state index contributed by atoms with van der Waals surface area (Å²) in [5, 5.41) is 3.02. The van der Waals surface area contributed by atoms with E-state index < -0.39 is 0 Å². The maximum Gasteiger partial charge on any atom is 0.237 e. The monoisotopic (exact) mass is 245 g/mol. The number of hydrogen-bond acceptors (Lipinski definition) is 4. The normalized spacial score (nSPS) is 27.4. The number of rotatable bonds is 5. The molecule has 16 heavy (non-hydrogen) atoms. The smallest absolute Gasteiger partial charge is 0.237 e. The number of hydrogen-bond donors (Lipinski definition) is 3. The fourth-order valence-corrected chi connectivity index (χ4v) is 2.44. The standard InChI is InChI=1S/C11H23N3OS/c1-16-7-6-10(13)11(15)14-9-4-2-8(12)3-5-9/h8-10H,2-7,12-13H2,1H3,(H,14,15)/t8?,9?,10-/m1/s1. The lowest BCUT2D eigenvalue weighted by atomic mass is 9.91. The van der Waals surface area contributed by atoms with E-state index in [1.165, 1.54) is 0 Å². The van der Waals surface area contributed by atoms with Crippen LogP contribution in [0.2, 0.25) is 0 Å². The molecule has 5 heteroatoms. The summed E-state index contributed by atoms with van der Waals surface area (Å²) in [4.78, 5) is 11.7.